The Balaban J connectivity index is 2.22. The van der Waals surface area contributed by atoms with E-state index in [9.17, 15) is 9.18 Å². The van der Waals surface area contributed by atoms with Crippen molar-refractivity contribution in [2.24, 2.45) is 0 Å². The van der Waals surface area contributed by atoms with Gasteiger partial charge >= 0.3 is 0 Å². The molecule has 5 nitrogen and oxygen atoms in total. The fraction of sp³-hybridized carbons (Fsp3) is 0. The largest absolute Gasteiger partial charge is 0.508 e. The molecule has 1 aromatic heterocycles. The monoisotopic (exact) mass is 267 g/mol. The van der Waals surface area contributed by atoms with E-state index in [2.05, 4.69) is 15.3 Å². The zero-order valence-corrected chi connectivity index (χ0v) is 9.65. The zero-order chi connectivity index (χ0) is 13.1. The van der Waals surface area contributed by atoms with Gasteiger partial charge < -0.3 is 5.11 Å². The molecule has 0 radical (unpaired) electrons. The van der Waals surface area contributed by atoms with Gasteiger partial charge in [0.2, 0.25) is 5.95 Å². The van der Waals surface area contributed by atoms with Crippen LogP contribution in [-0.2, 0) is 0 Å². The maximum atomic E-state index is 13.4. The van der Waals surface area contributed by atoms with Crippen LogP contribution in [0, 0.1) is 5.82 Å². The van der Waals surface area contributed by atoms with Gasteiger partial charge in [0, 0.05) is 12.3 Å². The van der Waals surface area contributed by atoms with Crippen molar-refractivity contribution in [2.45, 2.75) is 0 Å². The molecular formula is C11H7ClFN3O2. The third-order valence-corrected chi connectivity index (χ3v) is 2.25. The van der Waals surface area contributed by atoms with Crippen molar-refractivity contribution in [3.05, 3.63) is 47.0 Å². The molecule has 0 saturated heterocycles. The van der Waals surface area contributed by atoms with Crippen LogP contribution in [0.1, 0.15) is 10.4 Å². The number of halogens is 2. The van der Waals surface area contributed by atoms with E-state index >= 15 is 0 Å². The fourth-order valence-electron chi connectivity index (χ4n) is 1.25. The van der Waals surface area contributed by atoms with E-state index in [1.165, 1.54) is 18.3 Å². The fourth-order valence-corrected chi connectivity index (χ4v) is 1.39. The topological polar surface area (TPSA) is 75.1 Å². The van der Waals surface area contributed by atoms with Crippen LogP contribution < -0.4 is 5.32 Å². The normalized spacial score (nSPS) is 10.1. The Morgan fingerprint density at radius 2 is 2.17 bits per heavy atom. The Hall–Kier alpha value is -2.21. The Kier molecular flexibility index (Phi) is 3.38. The molecule has 1 aromatic carbocycles. The van der Waals surface area contributed by atoms with Crippen LogP contribution >= 0.6 is 11.6 Å². The standard InChI is InChI=1S/C11H7ClFN3O2/c12-9-3-4-14-11(15-9)16-10(18)7-2-1-6(17)5-8(7)13/h1-5,17H,(H,14,15,16,18). The molecule has 2 aromatic rings. The number of hydrogen-bond acceptors (Lipinski definition) is 4. The minimum Gasteiger partial charge on any atom is -0.508 e. The van der Waals surface area contributed by atoms with E-state index in [0.717, 1.165) is 12.1 Å². The molecule has 2 rings (SSSR count). The summed E-state index contributed by atoms with van der Waals surface area (Å²) < 4.78 is 13.4. The first-order valence-corrected chi connectivity index (χ1v) is 5.22. The average Bonchev–Trinajstić information content (AvgIpc) is 2.28. The van der Waals surface area contributed by atoms with Crippen LogP contribution in [-0.4, -0.2) is 21.0 Å². The summed E-state index contributed by atoms with van der Waals surface area (Å²) in [7, 11) is 0. The van der Waals surface area contributed by atoms with Crippen molar-refractivity contribution in [3.8, 4) is 5.75 Å². The van der Waals surface area contributed by atoms with Crippen LogP contribution in [0.2, 0.25) is 5.15 Å². The Labute approximate surface area is 106 Å². The molecule has 0 saturated carbocycles. The van der Waals surface area contributed by atoms with Crippen molar-refractivity contribution in [2.75, 3.05) is 5.32 Å². The summed E-state index contributed by atoms with van der Waals surface area (Å²) in [6, 6.07) is 4.65. The van der Waals surface area contributed by atoms with Crippen LogP contribution in [0.15, 0.2) is 30.5 Å². The molecule has 0 bridgehead atoms. The van der Waals surface area contributed by atoms with E-state index in [-0.39, 0.29) is 22.4 Å². The molecule has 0 unspecified atom stereocenters. The second-order valence-electron chi connectivity index (χ2n) is 3.32. The summed E-state index contributed by atoms with van der Waals surface area (Å²) >= 11 is 5.62. The highest BCUT2D eigenvalue weighted by Crippen LogP contribution is 2.16. The quantitative estimate of drug-likeness (QED) is 0.818. The highest BCUT2D eigenvalue weighted by atomic mass is 35.5. The van der Waals surface area contributed by atoms with Crippen LogP contribution in [0.4, 0.5) is 10.3 Å². The van der Waals surface area contributed by atoms with Gasteiger partial charge in [-0.15, -0.1) is 0 Å². The summed E-state index contributed by atoms with van der Waals surface area (Å²) in [5.74, 6) is -1.85. The molecule has 0 aliphatic carbocycles. The molecule has 7 heteroatoms. The van der Waals surface area contributed by atoms with Gasteiger partial charge in [0.05, 0.1) is 5.56 Å². The first-order chi connectivity index (χ1) is 8.56. The van der Waals surface area contributed by atoms with Crippen LogP contribution in [0.25, 0.3) is 0 Å². The Bertz CT molecular complexity index is 607. The van der Waals surface area contributed by atoms with Gasteiger partial charge in [-0.05, 0) is 18.2 Å². The number of phenols is 1. The van der Waals surface area contributed by atoms with Gasteiger partial charge in [-0.3, -0.25) is 10.1 Å². The van der Waals surface area contributed by atoms with E-state index in [1.807, 2.05) is 0 Å². The smallest absolute Gasteiger partial charge is 0.260 e. The number of benzene rings is 1. The van der Waals surface area contributed by atoms with Gasteiger partial charge in [-0.25, -0.2) is 14.4 Å². The third-order valence-electron chi connectivity index (χ3n) is 2.04. The lowest BCUT2D eigenvalue weighted by atomic mass is 10.2. The van der Waals surface area contributed by atoms with E-state index < -0.39 is 11.7 Å². The molecular weight excluding hydrogens is 261 g/mol. The SMILES string of the molecule is O=C(Nc1nccc(Cl)n1)c1ccc(O)cc1F. The number of nitrogens with one attached hydrogen (secondary N) is 1. The second kappa shape index (κ2) is 4.97. The van der Waals surface area contributed by atoms with Crippen molar-refractivity contribution in [1.29, 1.82) is 0 Å². The molecule has 1 amide bonds. The number of carbonyl (C=O) groups is 1. The third kappa shape index (κ3) is 2.72. The van der Waals surface area contributed by atoms with Crippen LogP contribution in [0.3, 0.4) is 0 Å². The first-order valence-electron chi connectivity index (χ1n) is 4.84. The molecule has 18 heavy (non-hydrogen) atoms. The lowest BCUT2D eigenvalue weighted by Gasteiger charge is -2.04. The van der Waals surface area contributed by atoms with Gasteiger partial charge in [-0.1, -0.05) is 11.6 Å². The van der Waals surface area contributed by atoms with Crippen molar-refractivity contribution < 1.29 is 14.3 Å². The minimum atomic E-state index is -0.838. The summed E-state index contributed by atoms with van der Waals surface area (Å²) in [5, 5.41) is 11.5. The number of nitrogens with zero attached hydrogens (tertiary/aromatic N) is 2. The number of aromatic hydroxyl groups is 1. The number of rotatable bonds is 2. The van der Waals surface area contributed by atoms with Crippen molar-refractivity contribution in [1.82, 2.24) is 9.97 Å². The van der Waals surface area contributed by atoms with Gasteiger partial charge in [0.1, 0.15) is 16.7 Å². The molecule has 1 heterocycles. The molecule has 0 aliphatic rings. The summed E-state index contributed by atoms with van der Waals surface area (Å²) in [6.45, 7) is 0. The number of hydrogen-bond donors (Lipinski definition) is 2. The van der Waals surface area contributed by atoms with Gasteiger partial charge in [0.25, 0.3) is 5.91 Å². The lowest BCUT2D eigenvalue weighted by molar-refractivity contribution is 0.102. The van der Waals surface area contributed by atoms with Crippen LogP contribution in [0.5, 0.6) is 5.75 Å². The molecule has 0 aliphatic heterocycles. The predicted molar refractivity (Wildman–Crippen MR) is 63.1 cm³/mol. The molecule has 2 N–H and O–H groups in total. The molecule has 0 spiro atoms. The first kappa shape index (κ1) is 12.3. The van der Waals surface area contributed by atoms with Crippen molar-refractivity contribution in [3.63, 3.8) is 0 Å². The van der Waals surface area contributed by atoms with E-state index in [4.69, 9.17) is 16.7 Å². The highest BCUT2D eigenvalue weighted by Gasteiger charge is 2.13. The van der Waals surface area contributed by atoms with E-state index in [1.54, 1.807) is 0 Å². The highest BCUT2D eigenvalue weighted by molar-refractivity contribution is 6.29. The number of amides is 1. The zero-order valence-electron chi connectivity index (χ0n) is 8.89. The molecule has 0 atom stereocenters. The predicted octanol–water partition coefficient (Wildman–Crippen LogP) is 2.23. The van der Waals surface area contributed by atoms with Crippen molar-refractivity contribution >= 4 is 23.5 Å². The number of carbonyl (C=O) groups excluding carboxylic acids is 1. The maximum Gasteiger partial charge on any atom is 0.260 e. The van der Waals surface area contributed by atoms with Gasteiger partial charge in [0.15, 0.2) is 0 Å². The Morgan fingerprint density at radius 1 is 1.39 bits per heavy atom. The maximum absolute atomic E-state index is 13.4. The number of phenolic OH excluding ortho intramolecular Hbond substituents is 1. The Morgan fingerprint density at radius 3 is 2.83 bits per heavy atom. The summed E-state index contributed by atoms with van der Waals surface area (Å²) in [5.41, 5.74) is -0.226. The lowest BCUT2D eigenvalue weighted by Crippen LogP contribution is -2.15. The number of aromatic nitrogens is 2. The summed E-state index contributed by atoms with van der Waals surface area (Å²) in [4.78, 5) is 19.2. The summed E-state index contributed by atoms with van der Waals surface area (Å²) in [6.07, 6.45) is 1.36. The molecule has 0 fully saturated rings. The number of anilines is 1. The average molecular weight is 268 g/mol. The van der Waals surface area contributed by atoms with Gasteiger partial charge in [-0.2, -0.15) is 0 Å². The van der Waals surface area contributed by atoms with E-state index in [0.29, 0.717) is 0 Å². The molecule has 92 valence electrons. The minimum absolute atomic E-state index is 0.0278. The second-order valence-corrected chi connectivity index (χ2v) is 3.71.